The van der Waals surface area contributed by atoms with Crippen molar-refractivity contribution in [2.24, 2.45) is 11.3 Å². The third-order valence-electron chi connectivity index (χ3n) is 6.33. The molecule has 0 saturated carbocycles. The molecule has 2 aromatic rings. The van der Waals surface area contributed by atoms with Crippen LogP contribution in [0.5, 0.6) is 0 Å². The predicted molar refractivity (Wildman–Crippen MR) is 113 cm³/mol. The maximum atomic E-state index is 12.9. The highest BCUT2D eigenvalue weighted by Gasteiger charge is 2.62. The molecule has 4 rings (SSSR count). The van der Waals surface area contributed by atoms with Crippen molar-refractivity contribution in [3.63, 3.8) is 0 Å². The van der Waals surface area contributed by atoms with Gasteiger partial charge in [0.25, 0.3) is 0 Å². The molecule has 2 atom stereocenters. The Bertz CT molecular complexity index is 989. The zero-order valence-electron chi connectivity index (χ0n) is 17.6. The van der Waals surface area contributed by atoms with E-state index in [1.165, 1.54) is 0 Å². The Morgan fingerprint density at radius 3 is 1.74 bits per heavy atom. The fraction of sp³-hybridized carbons (Fsp3) is 0.375. The lowest BCUT2D eigenvalue weighted by Gasteiger charge is -2.54. The largest absolute Gasteiger partial charge is 0.480 e. The molecule has 0 bridgehead atoms. The lowest BCUT2D eigenvalue weighted by Crippen LogP contribution is -2.74. The summed E-state index contributed by atoms with van der Waals surface area (Å²) in [4.78, 5) is 37.5. The maximum absolute atomic E-state index is 12.9. The van der Waals surface area contributed by atoms with E-state index < -0.39 is 41.4 Å². The molecule has 31 heavy (non-hydrogen) atoms. The van der Waals surface area contributed by atoms with Gasteiger partial charge in [0.1, 0.15) is 18.7 Å². The van der Waals surface area contributed by atoms with Gasteiger partial charge < -0.3 is 14.9 Å². The van der Waals surface area contributed by atoms with Crippen LogP contribution in [0.4, 0.5) is 4.79 Å². The van der Waals surface area contributed by atoms with Crippen molar-refractivity contribution in [2.75, 3.05) is 6.61 Å². The Balaban J connectivity index is 1.57. The number of hydrogen-bond donors (Lipinski definition) is 2. The van der Waals surface area contributed by atoms with Gasteiger partial charge in [-0.05, 0) is 27.7 Å². The summed E-state index contributed by atoms with van der Waals surface area (Å²) >= 11 is 0. The Kier molecular flexibility index (Phi) is 5.00. The summed E-state index contributed by atoms with van der Waals surface area (Å²) < 4.78 is 5.53. The molecule has 1 heterocycles. The molecule has 1 aliphatic heterocycles. The van der Waals surface area contributed by atoms with Crippen LogP contribution in [0.2, 0.25) is 0 Å². The number of rotatable bonds is 4. The van der Waals surface area contributed by atoms with Gasteiger partial charge in [0.05, 0.1) is 0 Å². The first kappa shape index (κ1) is 20.9. The fourth-order valence-corrected chi connectivity index (χ4v) is 4.98. The molecule has 2 N–H and O–H groups in total. The minimum atomic E-state index is -1.24. The zero-order chi connectivity index (χ0) is 22.5. The standard InChI is InChI=1S/C24H25NO6/c1-24(2,3)18-19(21(26)27)25(20(18)22(28)29)23(30)31-12-17-15-10-6-4-8-13(15)14-9-5-7-11-16(14)17/h4-11,17-20H,12H2,1-3H3,(H,26,27)(H,28,29). The number of nitrogens with zero attached hydrogens (tertiary/aromatic N) is 1. The van der Waals surface area contributed by atoms with Gasteiger partial charge in [-0.25, -0.2) is 14.4 Å². The monoisotopic (exact) mass is 423 g/mol. The second-order valence-corrected chi connectivity index (χ2v) is 9.17. The molecule has 2 aromatic carbocycles. The molecule has 2 unspecified atom stereocenters. The number of ether oxygens (including phenoxy) is 1. The number of carbonyl (C=O) groups excluding carboxylic acids is 1. The number of carboxylic acid groups (broad SMARTS) is 2. The van der Waals surface area contributed by atoms with Gasteiger partial charge >= 0.3 is 18.0 Å². The third kappa shape index (κ3) is 3.34. The third-order valence-corrected chi connectivity index (χ3v) is 6.33. The van der Waals surface area contributed by atoms with Crippen LogP contribution in [0, 0.1) is 11.3 Å². The fourth-order valence-electron chi connectivity index (χ4n) is 4.98. The first-order valence-electron chi connectivity index (χ1n) is 10.2. The molecule has 7 nitrogen and oxygen atoms in total. The molecule has 2 aliphatic rings. The summed E-state index contributed by atoms with van der Waals surface area (Å²) in [5.41, 5.74) is 3.59. The first-order chi connectivity index (χ1) is 14.6. The predicted octanol–water partition coefficient (Wildman–Crippen LogP) is 3.82. The van der Waals surface area contributed by atoms with Crippen molar-refractivity contribution in [1.29, 1.82) is 0 Å². The Morgan fingerprint density at radius 1 is 0.871 bits per heavy atom. The van der Waals surface area contributed by atoms with Crippen molar-refractivity contribution >= 4 is 18.0 Å². The van der Waals surface area contributed by atoms with Crippen LogP contribution in [0.25, 0.3) is 11.1 Å². The van der Waals surface area contributed by atoms with Crippen LogP contribution in [-0.2, 0) is 14.3 Å². The van der Waals surface area contributed by atoms with Gasteiger partial charge in [-0.2, -0.15) is 0 Å². The Hall–Kier alpha value is -3.35. The van der Waals surface area contributed by atoms with Crippen LogP contribution in [0.1, 0.15) is 37.8 Å². The van der Waals surface area contributed by atoms with Gasteiger partial charge in [-0.15, -0.1) is 0 Å². The molecule has 1 aliphatic carbocycles. The molecule has 7 heteroatoms. The quantitative estimate of drug-likeness (QED) is 0.775. The van der Waals surface area contributed by atoms with E-state index in [0.29, 0.717) is 0 Å². The van der Waals surface area contributed by atoms with Gasteiger partial charge in [0.2, 0.25) is 0 Å². The summed E-state index contributed by atoms with van der Waals surface area (Å²) in [6.07, 6.45) is -0.915. The average molecular weight is 423 g/mol. The summed E-state index contributed by atoms with van der Waals surface area (Å²) in [6, 6.07) is 13.2. The topological polar surface area (TPSA) is 104 Å². The van der Waals surface area contributed by atoms with E-state index in [4.69, 9.17) is 4.74 Å². The highest BCUT2D eigenvalue weighted by Crippen LogP contribution is 2.47. The second kappa shape index (κ2) is 7.41. The number of carbonyl (C=O) groups is 3. The van der Waals surface area contributed by atoms with E-state index >= 15 is 0 Å². The van der Waals surface area contributed by atoms with E-state index in [0.717, 1.165) is 27.2 Å². The van der Waals surface area contributed by atoms with Gasteiger partial charge in [-0.1, -0.05) is 69.3 Å². The number of amides is 1. The van der Waals surface area contributed by atoms with Crippen LogP contribution >= 0.6 is 0 Å². The summed E-state index contributed by atoms with van der Waals surface area (Å²) in [5.74, 6) is -3.37. The molecule has 1 amide bonds. The van der Waals surface area contributed by atoms with Crippen LogP contribution in [-0.4, -0.2) is 51.8 Å². The van der Waals surface area contributed by atoms with Crippen molar-refractivity contribution in [1.82, 2.24) is 4.90 Å². The molecule has 162 valence electrons. The SMILES string of the molecule is CC(C)(C)C1C(C(=O)O)N(C(=O)OCC2c3ccccc3-c3ccccc32)C1C(=O)O. The Labute approximate surface area is 180 Å². The lowest BCUT2D eigenvalue weighted by atomic mass is 9.65. The van der Waals surface area contributed by atoms with E-state index in [1.807, 2.05) is 48.5 Å². The van der Waals surface area contributed by atoms with Crippen molar-refractivity contribution in [2.45, 2.75) is 38.8 Å². The highest BCUT2D eigenvalue weighted by atomic mass is 16.6. The van der Waals surface area contributed by atoms with Crippen LogP contribution in [0.3, 0.4) is 0 Å². The number of aliphatic carboxylic acids is 2. The maximum Gasteiger partial charge on any atom is 0.411 e. The lowest BCUT2D eigenvalue weighted by molar-refractivity contribution is -0.179. The average Bonchev–Trinajstić information content (AvgIpc) is 2.98. The summed E-state index contributed by atoms with van der Waals surface area (Å²) in [6.45, 7) is 5.33. The summed E-state index contributed by atoms with van der Waals surface area (Å²) in [5, 5.41) is 19.4. The Morgan fingerprint density at radius 2 is 1.32 bits per heavy atom. The van der Waals surface area contributed by atoms with Crippen molar-refractivity contribution in [3.05, 3.63) is 59.7 Å². The molecule has 1 fully saturated rings. The number of carboxylic acids is 2. The number of benzene rings is 2. The number of fused-ring (bicyclic) bond motifs is 3. The molecular weight excluding hydrogens is 398 g/mol. The van der Waals surface area contributed by atoms with Crippen LogP contribution < -0.4 is 0 Å². The van der Waals surface area contributed by atoms with E-state index in [9.17, 15) is 24.6 Å². The van der Waals surface area contributed by atoms with Gasteiger partial charge in [-0.3, -0.25) is 4.90 Å². The van der Waals surface area contributed by atoms with Crippen molar-refractivity contribution < 1.29 is 29.3 Å². The smallest absolute Gasteiger partial charge is 0.411 e. The van der Waals surface area contributed by atoms with Gasteiger partial charge in [0, 0.05) is 11.8 Å². The van der Waals surface area contributed by atoms with E-state index in [2.05, 4.69) is 0 Å². The zero-order valence-corrected chi connectivity index (χ0v) is 17.6. The first-order valence-corrected chi connectivity index (χ1v) is 10.2. The minimum absolute atomic E-state index is 0.00220. The molecule has 0 spiro atoms. The van der Waals surface area contributed by atoms with E-state index in [-0.39, 0.29) is 12.5 Å². The molecule has 0 aromatic heterocycles. The molecule has 0 radical (unpaired) electrons. The number of likely N-dealkylation sites (tertiary alicyclic amines) is 1. The van der Waals surface area contributed by atoms with Crippen LogP contribution in [0.15, 0.2) is 48.5 Å². The van der Waals surface area contributed by atoms with Crippen molar-refractivity contribution in [3.8, 4) is 11.1 Å². The molecular formula is C24H25NO6. The van der Waals surface area contributed by atoms with Gasteiger partial charge in [0.15, 0.2) is 0 Å². The number of hydrogen-bond acceptors (Lipinski definition) is 4. The normalized spacial score (nSPS) is 22.3. The summed E-state index contributed by atoms with van der Waals surface area (Å²) in [7, 11) is 0. The highest BCUT2D eigenvalue weighted by molar-refractivity contribution is 5.90. The minimum Gasteiger partial charge on any atom is -0.480 e. The molecule has 1 saturated heterocycles. The van der Waals surface area contributed by atoms with E-state index in [1.54, 1.807) is 20.8 Å². The second-order valence-electron chi connectivity index (χ2n) is 9.17.